The highest BCUT2D eigenvalue weighted by atomic mass is 79.9. The molecule has 0 aliphatic carbocycles. The molecule has 24 heavy (non-hydrogen) atoms. The third-order valence-corrected chi connectivity index (χ3v) is 5.11. The Balaban J connectivity index is 1.93. The minimum Gasteiger partial charge on any atom is -0.340 e. The minimum absolute atomic E-state index is 0.207. The molecule has 1 amide bonds. The zero-order chi connectivity index (χ0) is 17.1. The Labute approximate surface area is 150 Å². The summed E-state index contributed by atoms with van der Waals surface area (Å²) in [4.78, 5) is 13.5. The molecule has 2 nitrogen and oxygen atoms in total. The van der Waals surface area contributed by atoms with E-state index < -0.39 is 17.8 Å². The molecule has 1 N–H and O–H groups in total. The number of thiophene rings is 1. The molecule has 2 aromatic carbocycles. The van der Waals surface area contributed by atoms with Crippen LogP contribution in [0, 0.1) is 11.6 Å². The van der Waals surface area contributed by atoms with Crippen LogP contribution >= 0.6 is 27.3 Å². The summed E-state index contributed by atoms with van der Waals surface area (Å²) in [5.74, 6) is -1.25. The van der Waals surface area contributed by atoms with Crippen LogP contribution < -0.4 is 5.32 Å². The molecule has 6 heteroatoms. The van der Waals surface area contributed by atoms with Crippen LogP contribution in [0.2, 0.25) is 0 Å². The molecule has 0 saturated heterocycles. The Hall–Kier alpha value is -2.05. The quantitative estimate of drug-likeness (QED) is 0.623. The van der Waals surface area contributed by atoms with Crippen molar-refractivity contribution in [2.75, 3.05) is 0 Å². The first-order valence-electron chi connectivity index (χ1n) is 7.09. The van der Waals surface area contributed by atoms with E-state index in [1.807, 2.05) is 17.5 Å². The second-order valence-corrected chi connectivity index (χ2v) is 6.93. The number of halogens is 3. The lowest BCUT2D eigenvalue weighted by Gasteiger charge is -2.18. The Kier molecular flexibility index (Phi) is 5.06. The number of carbonyl (C=O) groups is 1. The highest BCUT2D eigenvalue weighted by Crippen LogP contribution is 2.27. The van der Waals surface area contributed by atoms with Crippen LogP contribution in [0.15, 0.2) is 64.5 Å². The zero-order valence-electron chi connectivity index (χ0n) is 12.3. The molecule has 122 valence electrons. The number of hydrogen-bond donors (Lipinski definition) is 1. The van der Waals surface area contributed by atoms with Gasteiger partial charge < -0.3 is 5.32 Å². The molecule has 3 aromatic rings. The summed E-state index contributed by atoms with van der Waals surface area (Å²) in [6.45, 7) is 0. The van der Waals surface area contributed by atoms with Gasteiger partial charge in [-0.15, -0.1) is 11.3 Å². The van der Waals surface area contributed by atoms with Crippen molar-refractivity contribution >= 4 is 33.2 Å². The lowest BCUT2D eigenvalue weighted by molar-refractivity contribution is 0.0942. The molecular weight excluding hydrogens is 396 g/mol. The first-order chi connectivity index (χ1) is 11.5. The van der Waals surface area contributed by atoms with Crippen LogP contribution in [0.25, 0.3) is 0 Å². The molecule has 0 radical (unpaired) electrons. The fourth-order valence-electron chi connectivity index (χ4n) is 2.31. The van der Waals surface area contributed by atoms with Gasteiger partial charge in [0.15, 0.2) is 0 Å². The van der Waals surface area contributed by atoms with Crippen LogP contribution in [0.3, 0.4) is 0 Å². The van der Waals surface area contributed by atoms with Crippen molar-refractivity contribution in [1.82, 2.24) is 5.32 Å². The number of benzene rings is 2. The van der Waals surface area contributed by atoms with E-state index >= 15 is 0 Å². The molecule has 0 spiro atoms. The number of amides is 1. The maximum absolute atomic E-state index is 13.4. The summed E-state index contributed by atoms with van der Waals surface area (Å²) in [6.07, 6.45) is 0. The summed E-state index contributed by atoms with van der Waals surface area (Å²) in [7, 11) is 0. The summed E-state index contributed by atoms with van der Waals surface area (Å²) in [6, 6.07) is 13.2. The summed E-state index contributed by atoms with van der Waals surface area (Å²) in [5.41, 5.74) is 0.957. The molecule has 1 aromatic heterocycles. The second kappa shape index (κ2) is 7.23. The van der Waals surface area contributed by atoms with Gasteiger partial charge in [0.25, 0.3) is 5.91 Å². The topological polar surface area (TPSA) is 29.1 Å². The van der Waals surface area contributed by atoms with Crippen LogP contribution in [0.5, 0.6) is 0 Å². The van der Waals surface area contributed by atoms with Gasteiger partial charge in [0.2, 0.25) is 0 Å². The second-order valence-electron chi connectivity index (χ2n) is 5.10. The number of nitrogens with one attached hydrogen (secondary N) is 1. The van der Waals surface area contributed by atoms with E-state index in [1.165, 1.54) is 41.7 Å². The SMILES string of the molecule is O=C(NC(c1ccc(F)cc1)c1cccs1)c1cc(F)ccc1Br. The van der Waals surface area contributed by atoms with Crippen LogP contribution in [-0.4, -0.2) is 5.91 Å². The van der Waals surface area contributed by atoms with E-state index in [-0.39, 0.29) is 11.4 Å². The first kappa shape index (κ1) is 16.8. The smallest absolute Gasteiger partial charge is 0.253 e. The Bertz CT molecular complexity index is 850. The third-order valence-electron chi connectivity index (χ3n) is 3.48. The Morgan fingerprint density at radius 3 is 2.42 bits per heavy atom. The van der Waals surface area contributed by atoms with Gasteiger partial charge in [0, 0.05) is 9.35 Å². The van der Waals surface area contributed by atoms with Crippen molar-refractivity contribution in [3.05, 3.63) is 92.1 Å². The normalized spacial score (nSPS) is 12.0. The lowest BCUT2D eigenvalue weighted by Crippen LogP contribution is -2.29. The first-order valence-corrected chi connectivity index (χ1v) is 8.76. The van der Waals surface area contributed by atoms with Gasteiger partial charge in [-0.2, -0.15) is 0 Å². The Morgan fingerprint density at radius 1 is 1.04 bits per heavy atom. The van der Waals surface area contributed by atoms with Gasteiger partial charge in [-0.3, -0.25) is 4.79 Å². The van der Waals surface area contributed by atoms with Gasteiger partial charge >= 0.3 is 0 Å². The zero-order valence-corrected chi connectivity index (χ0v) is 14.7. The molecule has 1 atom stereocenters. The number of hydrogen-bond acceptors (Lipinski definition) is 2. The fourth-order valence-corrected chi connectivity index (χ4v) is 3.54. The number of carbonyl (C=O) groups excluding carboxylic acids is 1. The van der Waals surface area contributed by atoms with Crippen molar-refractivity contribution in [3.63, 3.8) is 0 Å². The molecule has 0 aliphatic rings. The van der Waals surface area contributed by atoms with Crippen molar-refractivity contribution in [1.29, 1.82) is 0 Å². The van der Waals surface area contributed by atoms with E-state index in [4.69, 9.17) is 0 Å². The van der Waals surface area contributed by atoms with Gasteiger partial charge in [-0.05, 0) is 63.3 Å². The van der Waals surface area contributed by atoms with E-state index in [1.54, 1.807) is 12.1 Å². The number of rotatable bonds is 4. The van der Waals surface area contributed by atoms with Crippen molar-refractivity contribution in [2.45, 2.75) is 6.04 Å². The van der Waals surface area contributed by atoms with Crippen molar-refractivity contribution in [2.24, 2.45) is 0 Å². The van der Waals surface area contributed by atoms with E-state index in [0.29, 0.717) is 4.47 Å². The van der Waals surface area contributed by atoms with Crippen LogP contribution in [0.4, 0.5) is 8.78 Å². The molecule has 0 aliphatic heterocycles. The van der Waals surface area contributed by atoms with Crippen LogP contribution in [0.1, 0.15) is 26.8 Å². The highest BCUT2D eigenvalue weighted by molar-refractivity contribution is 9.10. The van der Waals surface area contributed by atoms with Gasteiger partial charge in [0.05, 0.1) is 11.6 Å². The van der Waals surface area contributed by atoms with Crippen molar-refractivity contribution < 1.29 is 13.6 Å². The minimum atomic E-state index is -0.488. The average Bonchev–Trinajstić information content (AvgIpc) is 3.10. The molecule has 0 bridgehead atoms. The summed E-state index contributed by atoms with van der Waals surface area (Å²) >= 11 is 4.74. The van der Waals surface area contributed by atoms with E-state index in [9.17, 15) is 13.6 Å². The molecule has 0 saturated carbocycles. The maximum atomic E-state index is 13.4. The van der Waals surface area contributed by atoms with Crippen LogP contribution in [-0.2, 0) is 0 Å². The molecule has 0 fully saturated rings. The molecule has 1 heterocycles. The van der Waals surface area contributed by atoms with Crippen molar-refractivity contribution in [3.8, 4) is 0 Å². The van der Waals surface area contributed by atoms with E-state index in [2.05, 4.69) is 21.2 Å². The third kappa shape index (κ3) is 3.71. The van der Waals surface area contributed by atoms with Gasteiger partial charge in [-0.25, -0.2) is 8.78 Å². The summed E-state index contributed by atoms with van der Waals surface area (Å²) < 4.78 is 27.1. The largest absolute Gasteiger partial charge is 0.340 e. The van der Waals surface area contributed by atoms with E-state index in [0.717, 1.165) is 10.4 Å². The van der Waals surface area contributed by atoms with Gasteiger partial charge in [0.1, 0.15) is 11.6 Å². The fraction of sp³-hybridized carbons (Fsp3) is 0.0556. The molecule has 1 unspecified atom stereocenters. The maximum Gasteiger partial charge on any atom is 0.253 e. The Morgan fingerprint density at radius 2 is 1.75 bits per heavy atom. The predicted octanol–water partition coefficient (Wildman–Crippen LogP) is 5.31. The average molecular weight is 408 g/mol. The molecular formula is C18H12BrF2NOS. The monoisotopic (exact) mass is 407 g/mol. The molecule has 3 rings (SSSR count). The lowest BCUT2D eigenvalue weighted by atomic mass is 10.0. The highest BCUT2D eigenvalue weighted by Gasteiger charge is 2.20. The predicted molar refractivity (Wildman–Crippen MR) is 94.1 cm³/mol. The summed E-state index contributed by atoms with van der Waals surface area (Å²) in [5, 5.41) is 4.79. The van der Waals surface area contributed by atoms with Gasteiger partial charge in [-0.1, -0.05) is 18.2 Å². The standard InChI is InChI=1S/C18H12BrF2NOS/c19-15-8-7-13(21)10-14(15)18(23)22-17(16-2-1-9-24-16)11-3-5-12(20)6-4-11/h1-10,17H,(H,22,23).